The minimum absolute atomic E-state index is 0. The van der Waals surface area contributed by atoms with E-state index in [4.69, 9.17) is 11.6 Å². The number of nitrogens with one attached hydrogen (secondary N) is 1. The van der Waals surface area contributed by atoms with Crippen LogP contribution in [-0.4, -0.2) is 37.8 Å². The van der Waals surface area contributed by atoms with Crippen molar-refractivity contribution in [2.24, 2.45) is 0 Å². The Bertz CT molecular complexity index is 387. The molecule has 1 aliphatic rings. The fourth-order valence-electron chi connectivity index (χ4n) is 2.14. The second-order valence-electron chi connectivity index (χ2n) is 4.12. The number of benzene rings is 1. The summed E-state index contributed by atoms with van der Waals surface area (Å²) in [5.74, 6) is -0.392. The molecule has 0 aliphatic carbocycles. The number of alkyl halides is 1. The molecule has 1 saturated heterocycles. The van der Waals surface area contributed by atoms with Gasteiger partial charge in [0.15, 0.2) is 0 Å². The molecule has 0 amide bonds. The molecule has 1 atom stereocenters. The third-order valence-electron chi connectivity index (χ3n) is 3.06. The fraction of sp³-hybridized carbons (Fsp3) is 0.500. The molecule has 1 aliphatic heterocycles. The highest BCUT2D eigenvalue weighted by Crippen LogP contribution is 2.28. The van der Waals surface area contributed by atoms with Crippen LogP contribution in [0.2, 0.25) is 5.02 Å². The van der Waals surface area contributed by atoms with Crippen LogP contribution in [0.1, 0.15) is 11.6 Å². The minimum atomic E-state index is -0.509. The molecule has 0 bridgehead atoms. The molecule has 0 spiro atoms. The summed E-state index contributed by atoms with van der Waals surface area (Å²) >= 11 is 5.97. The fourth-order valence-corrected chi connectivity index (χ4v) is 2.44. The predicted octanol–water partition coefficient (Wildman–Crippen LogP) is 3.24. The van der Waals surface area contributed by atoms with E-state index in [1.165, 1.54) is 12.1 Å². The zero-order valence-electron chi connectivity index (χ0n) is 10.2. The molecule has 0 unspecified atom stereocenters. The molecule has 2 rings (SSSR count). The number of hydrogen-bond acceptors (Lipinski definition) is 2. The van der Waals surface area contributed by atoms with E-state index in [1.54, 1.807) is 6.07 Å². The van der Waals surface area contributed by atoms with Crippen molar-refractivity contribution >= 4 is 36.4 Å². The first-order valence-electron chi connectivity index (χ1n) is 5.68. The van der Waals surface area contributed by atoms with E-state index < -0.39 is 12.5 Å². The molecular weight excluding hydrogens is 317 g/mol. The van der Waals surface area contributed by atoms with Gasteiger partial charge in [0, 0.05) is 31.2 Å². The zero-order chi connectivity index (χ0) is 12.3. The summed E-state index contributed by atoms with van der Waals surface area (Å²) in [6.45, 7) is 2.74. The second kappa shape index (κ2) is 8.93. The number of nitrogens with zero attached hydrogens (tertiary/aromatic N) is 1. The van der Waals surface area contributed by atoms with Crippen LogP contribution in [0.5, 0.6) is 0 Å². The molecule has 7 heteroatoms. The second-order valence-corrected chi connectivity index (χ2v) is 4.53. The lowest BCUT2D eigenvalue weighted by Crippen LogP contribution is -2.45. The van der Waals surface area contributed by atoms with E-state index in [0.717, 1.165) is 26.2 Å². The van der Waals surface area contributed by atoms with Gasteiger partial charge in [0.05, 0.1) is 6.04 Å². The van der Waals surface area contributed by atoms with Crippen LogP contribution < -0.4 is 5.32 Å². The van der Waals surface area contributed by atoms with Crippen LogP contribution in [0.15, 0.2) is 18.2 Å². The molecule has 0 radical (unpaired) electrons. The van der Waals surface area contributed by atoms with E-state index >= 15 is 0 Å². The van der Waals surface area contributed by atoms with E-state index in [1.807, 2.05) is 4.90 Å². The van der Waals surface area contributed by atoms with Gasteiger partial charge in [-0.05, 0) is 17.7 Å². The van der Waals surface area contributed by atoms with Gasteiger partial charge in [-0.2, -0.15) is 0 Å². The van der Waals surface area contributed by atoms with Gasteiger partial charge in [0.1, 0.15) is 12.5 Å². The first-order chi connectivity index (χ1) is 8.22. The van der Waals surface area contributed by atoms with Gasteiger partial charge in [0.2, 0.25) is 0 Å². The van der Waals surface area contributed by atoms with Crippen molar-refractivity contribution in [3.8, 4) is 0 Å². The Labute approximate surface area is 129 Å². The van der Waals surface area contributed by atoms with Gasteiger partial charge in [-0.15, -0.1) is 24.8 Å². The maximum absolute atomic E-state index is 13.2. The Morgan fingerprint density at radius 1 is 1.26 bits per heavy atom. The Morgan fingerprint density at radius 2 is 1.89 bits per heavy atom. The first-order valence-corrected chi connectivity index (χ1v) is 6.06. The van der Waals surface area contributed by atoms with Crippen LogP contribution >= 0.6 is 36.4 Å². The van der Waals surface area contributed by atoms with Gasteiger partial charge in [0.25, 0.3) is 0 Å². The number of halogens is 5. The monoisotopic (exact) mass is 332 g/mol. The van der Waals surface area contributed by atoms with Gasteiger partial charge in [-0.25, -0.2) is 8.78 Å². The van der Waals surface area contributed by atoms with E-state index in [-0.39, 0.29) is 30.9 Å². The Hall–Kier alpha value is -0.130. The Kier molecular flexibility index (Phi) is 8.86. The normalized spacial score (nSPS) is 17.2. The molecule has 1 heterocycles. The summed E-state index contributed by atoms with van der Waals surface area (Å²) < 4.78 is 26.1. The van der Waals surface area contributed by atoms with E-state index in [2.05, 4.69) is 5.32 Å². The van der Waals surface area contributed by atoms with Gasteiger partial charge >= 0.3 is 0 Å². The highest BCUT2D eigenvalue weighted by molar-refractivity contribution is 6.31. The summed E-state index contributed by atoms with van der Waals surface area (Å²) in [6.07, 6.45) is 0. The first kappa shape index (κ1) is 18.9. The van der Waals surface area contributed by atoms with Gasteiger partial charge in [-0.3, -0.25) is 4.90 Å². The predicted molar refractivity (Wildman–Crippen MR) is 79.1 cm³/mol. The number of rotatable bonds is 3. The smallest absolute Gasteiger partial charge is 0.124 e. The molecule has 110 valence electrons. The lowest BCUT2D eigenvalue weighted by Gasteiger charge is -2.34. The van der Waals surface area contributed by atoms with Crippen LogP contribution in [0, 0.1) is 5.82 Å². The Balaban J connectivity index is 0.00000162. The summed E-state index contributed by atoms with van der Waals surface area (Å²) in [7, 11) is 0. The summed E-state index contributed by atoms with van der Waals surface area (Å²) in [6, 6.07) is 3.77. The Morgan fingerprint density at radius 3 is 2.42 bits per heavy atom. The molecule has 1 aromatic carbocycles. The minimum Gasteiger partial charge on any atom is -0.314 e. The third-order valence-corrected chi connectivity index (χ3v) is 3.39. The van der Waals surface area contributed by atoms with Crippen molar-refractivity contribution < 1.29 is 8.78 Å². The standard InChI is InChI=1S/C12H15ClF2N2.2ClH/c13-11-7-9(15)1-2-10(11)12(8-14)17-5-3-16-4-6-17;;/h1-2,7,12,16H,3-6,8H2;2*1H/t12-;;/m0../s1. The van der Waals surface area contributed by atoms with Crippen LogP contribution in [-0.2, 0) is 0 Å². The van der Waals surface area contributed by atoms with Crippen molar-refractivity contribution in [1.82, 2.24) is 10.2 Å². The topological polar surface area (TPSA) is 15.3 Å². The summed E-state index contributed by atoms with van der Waals surface area (Å²) in [4.78, 5) is 2.04. The average Bonchev–Trinajstić information content (AvgIpc) is 2.34. The molecule has 0 aromatic heterocycles. The molecule has 1 aromatic rings. The molecule has 1 fully saturated rings. The molecule has 0 saturated carbocycles. The lowest BCUT2D eigenvalue weighted by atomic mass is 10.1. The van der Waals surface area contributed by atoms with Gasteiger partial charge < -0.3 is 5.32 Å². The maximum Gasteiger partial charge on any atom is 0.124 e. The summed E-state index contributed by atoms with van der Waals surface area (Å²) in [5.41, 5.74) is 0.664. The highest BCUT2D eigenvalue weighted by Gasteiger charge is 2.23. The summed E-state index contributed by atoms with van der Waals surface area (Å²) in [5, 5.41) is 3.51. The maximum atomic E-state index is 13.2. The average molecular weight is 334 g/mol. The molecule has 19 heavy (non-hydrogen) atoms. The van der Waals surface area contributed by atoms with Crippen molar-refractivity contribution in [3.63, 3.8) is 0 Å². The van der Waals surface area contributed by atoms with E-state index in [0.29, 0.717) is 10.6 Å². The molecule has 1 N–H and O–H groups in total. The molecule has 2 nitrogen and oxygen atoms in total. The van der Waals surface area contributed by atoms with Crippen LogP contribution in [0.4, 0.5) is 8.78 Å². The van der Waals surface area contributed by atoms with Crippen molar-refractivity contribution in [3.05, 3.63) is 34.6 Å². The van der Waals surface area contributed by atoms with Crippen molar-refractivity contribution in [2.75, 3.05) is 32.9 Å². The van der Waals surface area contributed by atoms with Crippen LogP contribution in [0.3, 0.4) is 0 Å². The SMILES string of the molecule is Cl.Cl.FC[C@@H](c1ccc(F)cc1Cl)N1CCNCC1. The number of hydrogen-bond donors (Lipinski definition) is 1. The van der Waals surface area contributed by atoms with E-state index in [9.17, 15) is 8.78 Å². The largest absolute Gasteiger partial charge is 0.314 e. The van der Waals surface area contributed by atoms with Crippen molar-refractivity contribution in [2.45, 2.75) is 6.04 Å². The van der Waals surface area contributed by atoms with Crippen molar-refractivity contribution in [1.29, 1.82) is 0 Å². The quantitative estimate of drug-likeness (QED) is 0.913. The molecular formula is C12H17Cl3F2N2. The third kappa shape index (κ3) is 4.72. The highest BCUT2D eigenvalue weighted by atomic mass is 35.5. The van der Waals surface area contributed by atoms with Gasteiger partial charge in [-0.1, -0.05) is 17.7 Å². The number of piperazine rings is 1. The zero-order valence-corrected chi connectivity index (χ0v) is 12.6. The van der Waals surface area contributed by atoms with Crippen LogP contribution in [0.25, 0.3) is 0 Å². The lowest BCUT2D eigenvalue weighted by molar-refractivity contribution is 0.147.